The van der Waals surface area contributed by atoms with Crippen molar-refractivity contribution in [3.63, 3.8) is 0 Å². The quantitative estimate of drug-likeness (QED) is 0.839. The standard InChI is InChI=1S/C19H30N2O/c1-15-11-10-12-16(2)18(15)20-19(22)17(3)21(4)13-8-6-5-7-9-14-21/h10-12,17H,5-9,13-14H2,1-4H3/p+1. The molecular formula is C19H31N2O+. The highest BCUT2D eigenvalue weighted by molar-refractivity contribution is 5.95. The monoisotopic (exact) mass is 303 g/mol. The third-order valence-corrected chi connectivity index (χ3v) is 5.38. The van der Waals surface area contributed by atoms with Gasteiger partial charge in [0.05, 0.1) is 20.1 Å². The number of carbonyl (C=O) groups excluding carboxylic acids is 1. The number of carbonyl (C=O) groups is 1. The molecule has 122 valence electrons. The van der Waals surface area contributed by atoms with Gasteiger partial charge in [0.15, 0.2) is 6.04 Å². The molecule has 1 heterocycles. The molecule has 1 N–H and O–H groups in total. The number of para-hydroxylation sites is 1. The van der Waals surface area contributed by atoms with Gasteiger partial charge in [-0.1, -0.05) is 24.6 Å². The third-order valence-electron chi connectivity index (χ3n) is 5.38. The highest BCUT2D eigenvalue weighted by Crippen LogP contribution is 2.23. The van der Waals surface area contributed by atoms with Gasteiger partial charge in [-0.15, -0.1) is 0 Å². The summed E-state index contributed by atoms with van der Waals surface area (Å²) in [6, 6.07) is 6.15. The Morgan fingerprint density at radius 2 is 1.55 bits per heavy atom. The van der Waals surface area contributed by atoms with Crippen molar-refractivity contribution in [3.05, 3.63) is 29.3 Å². The van der Waals surface area contributed by atoms with Crippen LogP contribution < -0.4 is 5.32 Å². The number of aryl methyl sites for hydroxylation is 2. The lowest BCUT2D eigenvalue weighted by atomic mass is 10.0. The summed E-state index contributed by atoms with van der Waals surface area (Å²) in [6.45, 7) is 8.42. The van der Waals surface area contributed by atoms with E-state index in [0.717, 1.165) is 34.4 Å². The van der Waals surface area contributed by atoms with E-state index in [1.165, 1.54) is 32.1 Å². The maximum atomic E-state index is 12.8. The first kappa shape index (κ1) is 17.0. The number of rotatable bonds is 3. The molecule has 1 fully saturated rings. The van der Waals surface area contributed by atoms with Crippen LogP contribution in [0.5, 0.6) is 0 Å². The van der Waals surface area contributed by atoms with Crippen molar-refractivity contribution in [3.8, 4) is 0 Å². The number of anilines is 1. The second-order valence-corrected chi connectivity index (χ2v) is 7.13. The number of likely N-dealkylation sites (N-methyl/N-ethyl adjacent to an activating group) is 1. The van der Waals surface area contributed by atoms with Gasteiger partial charge in [0.25, 0.3) is 5.91 Å². The van der Waals surface area contributed by atoms with Crippen LogP contribution in [0.1, 0.15) is 50.2 Å². The molecule has 1 aliphatic heterocycles. The van der Waals surface area contributed by atoms with E-state index in [1.807, 2.05) is 6.07 Å². The van der Waals surface area contributed by atoms with Crippen LogP contribution in [0, 0.1) is 13.8 Å². The molecule has 1 unspecified atom stereocenters. The molecule has 1 aliphatic rings. The average molecular weight is 303 g/mol. The Morgan fingerprint density at radius 3 is 2.09 bits per heavy atom. The number of nitrogens with zero attached hydrogens (tertiary/aromatic N) is 1. The smallest absolute Gasteiger partial charge is 0.282 e. The second-order valence-electron chi connectivity index (χ2n) is 7.13. The molecule has 0 aliphatic carbocycles. The van der Waals surface area contributed by atoms with Crippen molar-refractivity contribution in [2.45, 2.75) is 58.9 Å². The molecule has 1 aromatic carbocycles. The van der Waals surface area contributed by atoms with Crippen LogP contribution in [0.4, 0.5) is 5.69 Å². The van der Waals surface area contributed by atoms with Crippen LogP contribution in [0.3, 0.4) is 0 Å². The zero-order chi connectivity index (χ0) is 16.2. The summed E-state index contributed by atoms with van der Waals surface area (Å²) in [4.78, 5) is 12.8. The summed E-state index contributed by atoms with van der Waals surface area (Å²) in [5, 5.41) is 3.18. The molecule has 0 spiro atoms. The predicted octanol–water partition coefficient (Wildman–Crippen LogP) is 4.04. The maximum Gasteiger partial charge on any atom is 0.282 e. The highest BCUT2D eigenvalue weighted by atomic mass is 16.2. The number of quaternary nitrogens is 1. The zero-order valence-corrected chi connectivity index (χ0v) is 14.6. The molecule has 1 saturated heterocycles. The molecule has 3 heteroatoms. The molecule has 0 saturated carbocycles. The van der Waals surface area contributed by atoms with Crippen LogP contribution in [0.15, 0.2) is 18.2 Å². The summed E-state index contributed by atoms with van der Waals surface area (Å²) in [5.41, 5.74) is 3.25. The fourth-order valence-corrected chi connectivity index (χ4v) is 3.50. The van der Waals surface area contributed by atoms with Crippen molar-refractivity contribution in [2.75, 3.05) is 25.5 Å². The van der Waals surface area contributed by atoms with Crippen molar-refractivity contribution < 1.29 is 9.28 Å². The van der Waals surface area contributed by atoms with Crippen molar-refractivity contribution in [2.24, 2.45) is 0 Å². The molecule has 22 heavy (non-hydrogen) atoms. The zero-order valence-electron chi connectivity index (χ0n) is 14.6. The molecule has 0 aromatic heterocycles. The molecule has 3 nitrogen and oxygen atoms in total. The minimum atomic E-state index is -0.00268. The SMILES string of the molecule is Cc1cccc(C)c1NC(=O)C(C)[N+]1(C)CCCCCCC1. The summed E-state index contributed by atoms with van der Waals surface area (Å²) in [6.07, 6.45) is 6.43. The number of nitrogens with one attached hydrogen (secondary N) is 1. The van der Waals surface area contributed by atoms with E-state index in [2.05, 4.69) is 45.3 Å². The largest absolute Gasteiger partial charge is 0.320 e. The minimum Gasteiger partial charge on any atom is -0.320 e. The number of hydrogen-bond acceptors (Lipinski definition) is 1. The van der Waals surface area contributed by atoms with Crippen LogP contribution >= 0.6 is 0 Å². The summed E-state index contributed by atoms with van der Waals surface area (Å²) in [7, 11) is 2.25. The summed E-state index contributed by atoms with van der Waals surface area (Å²) >= 11 is 0. The molecule has 1 atom stereocenters. The Morgan fingerprint density at radius 1 is 1.05 bits per heavy atom. The van der Waals surface area contributed by atoms with Crippen molar-refractivity contribution >= 4 is 11.6 Å². The first-order valence-corrected chi connectivity index (χ1v) is 8.65. The Labute approximate surface area is 135 Å². The Bertz CT molecular complexity index is 496. The van der Waals surface area contributed by atoms with Crippen LogP contribution in [-0.4, -0.2) is 36.6 Å². The Kier molecular flexibility index (Phi) is 5.63. The fraction of sp³-hybridized carbons (Fsp3) is 0.632. The van der Waals surface area contributed by atoms with E-state index in [1.54, 1.807) is 0 Å². The first-order chi connectivity index (χ1) is 10.4. The first-order valence-electron chi connectivity index (χ1n) is 8.65. The lowest BCUT2D eigenvalue weighted by molar-refractivity contribution is -0.923. The molecule has 1 amide bonds. The average Bonchev–Trinajstić information content (AvgIpc) is 2.46. The fourth-order valence-electron chi connectivity index (χ4n) is 3.50. The maximum absolute atomic E-state index is 12.8. The number of amides is 1. The number of benzene rings is 1. The summed E-state index contributed by atoms with van der Waals surface area (Å²) in [5.74, 6) is 0.153. The van der Waals surface area contributed by atoms with Gasteiger partial charge in [-0.2, -0.15) is 0 Å². The normalized spacial score (nSPS) is 19.8. The topological polar surface area (TPSA) is 29.1 Å². The lowest BCUT2D eigenvalue weighted by Crippen LogP contribution is -2.57. The van der Waals surface area contributed by atoms with Gasteiger partial charge in [0.1, 0.15) is 0 Å². The van der Waals surface area contributed by atoms with Gasteiger partial charge < -0.3 is 9.80 Å². The Hall–Kier alpha value is -1.35. The van der Waals surface area contributed by atoms with Gasteiger partial charge in [-0.25, -0.2) is 0 Å². The van der Waals surface area contributed by atoms with Crippen LogP contribution in [0.2, 0.25) is 0 Å². The van der Waals surface area contributed by atoms with Gasteiger partial charge in [0, 0.05) is 5.69 Å². The van der Waals surface area contributed by atoms with Crippen molar-refractivity contribution in [1.29, 1.82) is 0 Å². The van der Waals surface area contributed by atoms with E-state index >= 15 is 0 Å². The highest BCUT2D eigenvalue weighted by Gasteiger charge is 2.34. The molecule has 0 bridgehead atoms. The van der Waals surface area contributed by atoms with E-state index in [9.17, 15) is 4.79 Å². The van der Waals surface area contributed by atoms with Crippen molar-refractivity contribution in [1.82, 2.24) is 0 Å². The predicted molar refractivity (Wildman–Crippen MR) is 93.0 cm³/mol. The number of likely N-dealkylation sites (tertiary alicyclic amines) is 1. The van der Waals surface area contributed by atoms with E-state index in [-0.39, 0.29) is 11.9 Å². The van der Waals surface area contributed by atoms with Gasteiger partial charge in [0.2, 0.25) is 0 Å². The lowest BCUT2D eigenvalue weighted by Gasteiger charge is -2.40. The van der Waals surface area contributed by atoms with Crippen LogP contribution in [0.25, 0.3) is 0 Å². The molecule has 1 aromatic rings. The number of hydrogen-bond donors (Lipinski definition) is 1. The molecular weight excluding hydrogens is 272 g/mol. The van der Waals surface area contributed by atoms with Gasteiger partial charge in [-0.3, -0.25) is 4.79 Å². The van der Waals surface area contributed by atoms with E-state index < -0.39 is 0 Å². The summed E-state index contributed by atoms with van der Waals surface area (Å²) < 4.78 is 0.872. The third kappa shape index (κ3) is 3.89. The molecule has 2 rings (SSSR count). The second kappa shape index (κ2) is 7.28. The van der Waals surface area contributed by atoms with E-state index in [0.29, 0.717) is 0 Å². The minimum absolute atomic E-state index is 0.00268. The van der Waals surface area contributed by atoms with Crippen LogP contribution in [-0.2, 0) is 4.79 Å². The van der Waals surface area contributed by atoms with Gasteiger partial charge >= 0.3 is 0 Å². The van der Waals surface area contributed by atoms with E-state index in [4.69, 9.17) is 0 Å². The Balaban J connectivity index is 2.10. The molecule has 0 radical (unpaired) electrons. The van der Waals surface area contributed by atoms with Gasteiger partial charge in [-0.05, 0) is 57.6 Å².